The standard InChI is InChI=1S/C13H16N4OS/c1-19-13-16-11(14)9-12(17-13)18-8-2-3-10-4-6-15-7-5-10/h4-7,9H,2-3,8H2,1H3,(H2,14,16,17). The molecule has 0 aromatic carbocycles. The highest BCUT2D eigenvalue weighted by atomic mass is 32.2. The zero-order valence-electron chi connectivity index (χ0n) is 10.7. The summed E-state index contributed by atoms with van der Waals surface area (Å²) in [6.07, 6.45) is 7.38. The molecule has 6 heteroatoms. The molecule has 2 heterocycles. The van der Waals surface area contributed by atoms with E-state index in [4.69, 9.17) is 10.5 Å². The minimum atomic E-state index is 0.434. The van der Waals surface area contributed by atoms with Crippen LogP contribution in [0.25, 0.3) is 0 Å². The number of pyridine rings is 1. The number of nitrogens with two attached hydrogens (primary N) is 1. The van der Waals surface area contributed by atoms with Crippen LogP contribution in [0, 0.1) is 0 Å². The molecule has 5 nitrogen and oxygen atoms in total. The Morgan fingerprint density at radius 1 is 1.26 bits per heavy atom. The number of thioether (sulfide) groups is 1. The lowest BCUT2D eigenvalue weighted by molar-refractivity contribution is 0.296. The largest absolute Gasteiger partial charge is 0.477 e. The fourth-order valence-electron chi connectivity index (χ4n) is 1.59. The van der Waals surface area contributed by atoms with Crippen molar-refractivity contribution in [2.75, 3.05) is 18.6 Å². The maximum atomic E-state index is 5.68. The Bertz CT molecular complexity index is 521. The van der Waals surface area contributed by atoms with Gasteiger partial charge in [0.1, 0.15) is 5.82 Å². The van der Waals surface area contributed by atoms with Crippen molar-refractivity contribution >= 4 is 17.6 Å². The number of hydrogen-bond donors (Lipinski definition) is 1. The summed E-state index contributed by atoms with van der Waals surface area (Å²) in [6.45, 7) is 0.604. The predicted molar refractivity (Wildman–Crippen MR) is 76.3 cm³/mol. The highest BCUT2D eigenvalue weighted by molar-refractivity contribution is 7.98. The molecule has 2 rings (SSSR count). The second kappa shape index (κ2) is 6.94. The molecule has 2 aromatic rings. The average Bonchev–Trinajstić information content (AvgIpc) is 2.44. The van der Waals surface area contributed by atoms with E-state index in [1.807, 2.05) is 18.4 Å². The summed E-state index contributed by atoms with van der Waals surface area (Å²) in [5.74, 6) is 0.968. The first kappa shape index (κ1) is 13.6. The van der Waals surface area contributed by atoms with Gasteiger partial charge in [-0.25, -0.2) is 4.98 Å². The van der Waals surface area contributed by atoms with Gasteiger partial charge in [-0.15, -0.1) is 0 Å². The normalized spacial score (nSPS) is 10.4. The minimum absolute atomic E-state index is 0.434. The van der Waals surface area contributed by atoms with E-state index < -0.39 is 0 Å². The quantitative estimate of drug-likeness (QED) is 0.495. The van der Waals surface area contributed by atoms with E-state index >= 15 is 0 Å². The van der Waals surface area contributed by atoms with Crippen LogP contribution in [0.5, 0.6) is 5.88 Å². The zero-order chi connectivity index (χ0) is 13.5. The molecule has 0 bridgehead atoms. The molecule has 0 atom stereocenters. The van der Waals surface area contributed by atoms with Gasteiger partial charge in [-0.05, 0) is 36.8 Å². The molecular formula is C13H16N4OS. The Morgan fingerprint density at radius 2 is 2.05 bits per heavy atom. The summed E-state index contributed by atoms with van der Waals surface area (Å²) in [4.78, 5) is 12.3. The van der Waals surface area contributed by atoms with Gasteiger partial charge >= 0.3 is 0 Å². The number of rotatable bonds is 6. The minimum Gasteiger partial charge on any atom is -0.477 e. The van der Waals surface area contributed by atoms with Crippen LogP contribution in [0.3, 0.4) is 0 Å². The molecule has 0 saturated carbocycles. The average molecular weight is 276 g/mol. The van der Waals surface area contributed by atoms with Crippen molar-refractivity contribution in [2.45, 2.75) is 18.0 Å². The number of aromatic nitrogens is 3. The van der Waals surface area contributed by atoms with E-state index in [1.165, 1.54) is 17.3 Å². The summed E-state index contributed by atoms with van der Waals surface area (Å²) in [5, 5.41) is 0.629. The van der Waals surface area contributed by atoms with Gasteiger partial charge in [0.25, 0.3) is 0 Å². The van der Waals surface area contributed by atoms with Gasteiger partial charge in [0.05, 0.1) is 6.61 Å². The maximum Gasteiger partial charge on any atom is 0.219 e. The SMILES string of the molecule is CSc1nc(N)cc(OCCCc2ccncc2)n1. The third kappa shape index (κ3) is 4.40. The molecule has 2 N–H and O–H groups in total. The van der Waals surface area contributed by atoms with Crippen molar-refractivity contribution in [3.8, 4) is 5.88 Å². The maximum absolute atomic E-state index is 5.68. The van der Waals surface area contributed by atoms with E-state index in [1.54, 1.807) is 18.5 Å². The Morgan fingerprint density at radius 3 is 2.79 bits per heavy atom. The summed E-state index contributed by atoms with van der Waals surface area (Å²) in [5.41, 5.74) is 6.93. The number of nitrogen functional groups attached to an aromatic ring is 1. The predicted octanol–water partition coefficient (Wildman–Crippen LogP) is 2.19. The molecule has 19 heavy (non-hydrogen) atoms. The Kier molecular flexibility index (Phi) is 4.97. The first-order valence-electron chi connectivity index (χ1n) is 5.98. The third-order valence-electron chi connectivity index (χ3n) is 2.49. The fraction of sp³-hybridized carbons (Fsp3) is 0.308. The number of anilines is 1. The molecule has 0 aliphatic rings. The number of ether oxygens (including phenoxy) is 1. The lowest BCUT2D eigenvalue weighted by Gasteiger charge is -2.07. The highest BCUT2D eigenvalue weighted by Crippen LogP contribution is 2.17. The van der Waals surface area contributed by atoms with Crippen LogP contribution in [0.15, 0.2) is 35.7 Å². The van der Waals surface area contributed by atoms with Crippen LogP contribution in [0.2, 0.25) is 0 Å². The molecule has 0 radical (unpaired) electrons. The first-order chi connectivity index (χ1) is 9.28. The number of nitrogens with zero attached hydrogens (tertiary/aromatic N) is 3. The van der Waals surface area contributed by atoms with Crippen molar-refractivity contribution < 1.29 is 4.74 Å². The van der Waals surface area contributed by atoms with E-state index in [9.17, 15) is 0 Å². The van der Waals surface area contributed by atoms with E-state index in [0.717, 1.165) is 12.8 Å². The molecule has 0 fully saturated rings. The van der Waals surface area contributed by atoms with Crippen LogP contribution in [0.4, 0.5) is 5.82 Å². The third-order valence-corrected chi connectivity index (χ3v) is 3.04. The molecule has 100 valence electrons. The summed E-state index contributed by atoms with van der Waals surface area (Å²) < 4.78 is 5.59. The summed E-state index contributed by atoms with van der Waals surface area (Å²) in [6, 6.07) is 5.66. The molecule has 0 saturated heterocycles. The Hall–Kier alpha value is -1.82. The lowest BCUT2D eigenvalue weighted by Crippen LogP contribution is -2.03. The van der Waals surface area contributed by atoms with Crippen molar-refractivity contribution in [3.05, 3.63) is 36.2 Å². The van der Waals surface area contributed by atoms with Gasteiger partial charge in [-0.2, -0.15) is 4.98 Å². The van der Waals surface area contributed by atoms with Crippen molar-refractivity contribution in [3.63, 3.8) is 0 Å². The Balaban J connectivity index is 1.81. The molecule has 0 amide bonds. The van der Waals surface area contributed by atoms with Crippen LogP contribution in [-0.4, -0.2) is 27.8 Å². The molecule has 0 aliphatic heterocycles. The lowest BCUT2D eigenvalue weighted by atomic mass is 10.1. The van der Waals surface area contributed by atoms with Gasteiger partial charge in [0.15, 0.2) is 5.16 Å². The fourth-order valence-corrected chi connectivity index (χ4v) is 1.97. The van der Waals surface area contributed by atoms with Gasteiger partial charge in [0.2, 0.25) is 5.88 Å². The second-order valence-corrected chi connectivity index (χ2v) is 4.70. The van der Waals surface area contributed by atoms with Crippen LogP contribution in [-0.2, 0) is 6.42 Å². The second-order valence-electron chi connectivity index (χ2n) is 3.93. The summed E-state index contributed by atoms with van der Waals surface area (Å²) in [7, 11) is 0. The number of aryl methyl sites for hydroxylation is 1. The first-order valence-corrected chi connectivity index (χ1v) is 7.20. The zero-order valence-corrected chi connectivity index (χ0v) is 11.6. The molecule has 2 aromatic heterocycles. The smallest absolute Gasteiger partial charge is 0.219 e. The highest BCUT2D eigenvalue weighted by Gasteiger charge is 2.02. The van der Waals surface area contributed by atoms with E-state index in [-0.39, 0.29) is 0 Å². The molecule has 0 unspecified atom stereocenters. The number of hydrogen-bond acceptors (Lipinski definition) is 6. The monoisotopic (exact) mass is 276 g/mol. The van der Waals surface area contributed by atoms with Gasteiger partial charge in [-0.3, -0.25) is 4.98 Å². The van der Waals surface area contributed by atoms with Gasteiger partial charge in [0, 0.05) is 18.5 Å². The van der Waals surface area contributed by atoms with Crippen LogP contribution in [0.1, 0.15) is 12.0 Å². The van der Waals surface area contributed by atoms with Crippen LogP contribution < -0.4 is 10.5 Å². The molecular weight excluding hydrogens is 260 g/mol. The van der Waals surface area contributed by atoms with Crippen molar-refractivity contribution in [1.29, 1.82) is 0 Å². The van der Waals surface area contributed by atoms with E-state index in [0.29, 0.717) is 23.5 Å². The molecule has 0 spiro atoms. The summed E-state index contributed by atoms with van der Waals surface area (Å²) >= 11 is 1.44. The molecule has 0 aliphatic carbocycles. The van der Waals surface area contributed by atoms with E-state index in [2.05, 4.69) is 15.0 Å². The van der Waals surface area contributed by atoms with Gasteiger partial charge < -0.3 is 10.5 Å². The van der Waals surface area contributed by atoms with Crippen LogP contribution >= 0.6 is 11.8 Å². The van der Waals surface area contributed by atoms with Crippen molar-refractivity contribution in [2.24, 2.45) is 0 Å². The van der Waals surface area contributed by atoms with Gasteiger partial charge in [-0.1, -0.05) is 11.8 Å². The topological polar surface area (TPSA) is 73.9 Å². The van der Waals surface area contributed by atoms with Crippen molar-refractivity contribution in [1.82, 2.24) is 15.0 Å². The Labute approximate surface area is 116 Å².